The van der Waals surface area contributed by atoms with Crippen LogP contribution in [0.4, 0.5) is 0 Å². The average Bonchev–Trinajstić information content (AvgIpc) is 2.55. The molecule has 2 aromatic rings. The summed E-state index contributed by atoms with van der Waals surface area (Å²) in [5.41, 5.74) is 0.171. The summed E-state index contributed by atoms with van der Waals surface area (Å²) in [7, 11) is -3.76. The van der Waals surface area contributed by atoms with E-state index in [1.165, 1.54) is 30.6 Å². The van der Waals surface area contributed by atoms with Crippen molar-refractivity contribution >= 4 is 27.6 Å². The summed E-state index contributed by atoms with van der Waals surface area (Å²) < 4.78 is 32.0. The minimum absolute atomic E-state index is 0.0180. The Balaban J connectivity index is 2.09. The number of nitrogens with one attached hydrogen (secondary N) is 2. The van der Waals surface area contributed by atoms with Gasteiger partial charge < -0.3 is 9.72 Å². The summed E-state index contributed by atoms with van der Waals surface area (Å²) in [6.07, 6.45) is 3.19. The zero-order valence-electron chi connectivity index (χ0n) is 14.2. The lowest BCUT2D eigenvalue weighted by atomic mass is 10.2. The van der Waals surface area contributed by atoms with Gasteiger partial charge in [-0.15, -0.1) is 0 Å². The number of benzene rings is 1. The molecular weight excluding hydrogens is 382 g/mol. The minimum atomic E-state index is -3.76. The van der Waals surface area contributed by atoms with Crippen LogP contribution in [0.5, 0.6) is 0 Å². The second-order valence-corrected chi connectivity index (χ2v) is 7.85. The van der Waals surface area contributed by atoms with E-state index in [2.05, 4.69) is 14.7 Å². The SMILES string of the molecule is CC(C)NS(=O)(=O)c1ccc(Cl)c(C(=O)OCCc2cnc(=O)[nH]c2)c1. The van der Waals surface area contributed by atoms with Gasteiger partial charge in [-0.2, -0.15) is 0 Å². The summed E-state index contributed by atoms with van der Waals surface area (Å²) in [6.45, 7) is 3.40. The highest BCUT2D eigenvalue weighted by molar-refractivity contribution is 7.89. The van der Waals surface area contributed by atoms with Gasteiger partial charge in [0.15, 0.2) is 0 Å². The normalized spacial score (nSPS) is 11.5. The Hall–Kier alpha value is -2.23. The first-order chi connectivity index (χ1) is 12.2. The second kappa shape index (κ2) is 8.43. The van der Waals surface area contributed by atoms with Crippen molar-refractivity contribution in [1.29, 1.82) is 0 Å². The number of carbonyl (C=O) groups excluding carboxylic acids is 1. The first-order valence-electron chi connectivity index (χ1n) is 7.71. The maximum Gasteiger partial charge on any atom is 0.344 e. The van der Waals surface area contributed by atoms with E-state index < -0.39 is 21.7 Å². The fraction of sp³-hybridized carbons (Fsp3) is 0.312. The first-order valence-corrected chi connectivity index (χ1v) is 9.58. The van der Waals surface area contributed by atoms with Gasteiger partial charge in [0.1, 0.15) is 0 Å². The average molecular weight is 400 g/mol. The van der Waals surface area contributed by atoms with Gasteiger partial charge in [-0.3, -0.25) is 0 Å². The molecule has 0 bridgehead atoms. The molecule has 0 aliphatic carbocycles. The van der Waals surface area contributed by atoms with Gasteiger partial charge in [-0.1, -0.05) is 11.6 Å². The number of nitrogens with zero attached hydrogens (tertiary/aromatic N) is 1. The molecule has 0 spiro atoms. The zero-order chi connectivity index (χ0) is 19.3. The molecular formula is C16H18ClN3O5S. The van der Waals surface area contributed by atoms with Crippen LogP contribution in [0.15, 0.2) is 40.3 Å². The number of hydrogen-bond acceptors (Lipinski definition) is 6. The number of esters is 1. The van der Waals surface area contributed by atoms with Crippen LogP contribution in [0.2, 0.25) is 5.02 Å². The number of ether oxygens (including phenoxy) is 1. The molecule has 26 heavy (non-hydrogen) atoms. The summed E-state index contributed by atoms with van der Waals surface area (Å²) in [6, 6.07) is 3.53. The van der Waals surface area contributed by atoms with Crippen molar-refractivity contribution in [2.24, 2.45) is 0 Å². The summed E-state index contributed by atoms with van der Waals surface area (Å²) in [4.78, 5) is 29.0. The van der Waals surface area contributed by atoms with Gasteiger partial charge >= 0.3 is 11.7 Å². The van der Waals surface area contributed by atoms with Crippen molar-refractivity contribution < 1.29 is 17.9 Å². The number of aromatic nitrogens is 2. The third-order valence-corrected chi connectivity index (χ3v) is 5.20. The Morgan fingerprint density at radius 3 is 2.73 bits per heavy atom. The Kier molecular flexibility index (Phi) is 6.52. The van der Waals surface area contributed by atoms with Crippen molar-refractivity contribution in [3.63, 3.8) is 0 Å². The van der Waals surface area contributed by atoms with Gasteiger partial charge in [0.2, 0.25) is 10.0 Å². The van der Waals surface area contributed by atoms with Crippen molar-refractivity contribution in [2.75, 3.05) is 6.61 Å². The number of aromatic amines is 1. The Morgan fingerprint density at radius 2 is 2.12 bits per heavy atom. The number of halogens is 1. The molecule has 140 valence electrons. The number of carbonyl (C=O) groups is 1. The topological polar surface area (TPSA) is 118 Å². The van der Waals surface area contributed by atoms with Gasteiger partial charge in [0, 0.05) is 24.9 Å². The third-order valence-electron chi connectivity index (χ3n) is 3.21. The van der Waals surface area contributed by atoms with Crippen LogP contribution in [-0.4, -0.2) is 37.0 Å². The molecule has 0 atom stereocenters. The largest absolute Gasteiger partial charge is 0.462 e. The van der Waals surface area contributed by atoms with Crippen LogP contribution in [0.3, 0.4) is 0 Å². The van der Waals surface area contributed by atoms with Crippen LogP contribution < -0.4 is 10.4 Å². The fourth-order valence-electron chi connectivity index (χ4n) is 2.05. The van der Waals surface area contributed by atoms with E-state index in [4.69, 9.17) is 16.3 Å². The minimum Gasteiger partial charge on any atom is -0.462 e. The molecule has 2 N–H and O–H groups in total. The summed E-state index contributed by atoms with van der Waals surface area (Å²) >= 11 is 5.99. The molecule has 8 nitrogen and oxygen atoms in total. The van der Waals surface area contributed by atoms with E-state index in [0.29, 0.717) is 12.0 Å². The van der Waals surface area contributed by atoms with Crippen LogP contribution >= 0.6 is 11.6 Å². The molecule has 0 radical (unpaired) electrons. The van der Waals surface area contributed by atoms with E-state index in [-0.39, 0.29) is 28.1 Å². The smallest absolute Gasteiger partial charge is 0.344 e. The molecule has 1 aromatic carbocycles. The monoisotopic (exact) mass is 399 g/mol. The van der Waals surface area contributed by atoms with Gasteiger partial charge in [0.25, 0.3) is 0 Å². The summed E-state index contributed by atoms with van der Waals surface area (Å²) in [5.74, 6) is -0.742. The molecule has 10 heteroatoms. The maximum atomic E-state index is 12.2. The Morgan fingerprint density at radius 1 is 1.38 bits per heavy atom. The maximum absolute atomic E-state index is 12.2. The molecule has 1 heterocycles. The molecule has 0 aliphatic rings. The summed E-state index contributed by atoms with van der Waals surface area (Å²) in [5, 5.41) is 0.0872. The van der Waals surface area contributed by atoms with E-state index in [9.17, 15) is 18.0 Å². The molecule has 2 rings (SSSR count). The first kappa shape index (κ1) is 20.1. The number of H-pyrrole nitrogens is 1. The van der Waals surface area contributed by atoms with Crippen molar-refractivity contribution in [2.45, 2.75) is 31.2 Å². The van der Waals surface area contributed by atoms with Crippen LogP contribution in [0.25, 0.3) is 0 Å². The quantitative estimate of drug-likeness (QED) is 0.681. The molecule has 0 amide bonds. The predicted molar refractivity (Wildman–Crippen MR) is 95.8 cm³/mol. The Bertz CT molecular complexity index is 936. The van der Waals surface area contributed by atoms with Crippen LogP contribution in [0, 0.1) is 0 Å². The van der Waals surface area contributed by atoms with Gasteiger partial charge in [0.05, 0.1) is 22.1 Å². The van der Waals surface area contributed by atoms with Crippen molar-refractivity contribution in [3.8, 4) is 0 Å². The lowest BCUT2D eigenvalue weighted by molar-refractivity contribution is 0.0509. The standard InChI is InChI=1S/C16H18ClN3O5S/c1-10(2)20-26(23,24)12-3-4-14(17)13(7-12)15(21)25-6-5-11-8-18-16(22)19-9-11/h3-4,7-10,20H,5-6H2,1-2H3,(H,18,19,22). The lowest BCUT2D eigenvalue weighted by Gasteiger charge is -2.11. The van der Waals surface area contributed by atoms with Crippen molar-refractivity contribution in [3.05, 3.63) is 57.2 Å². The van der Waals surface area contributed by atoms with E-state index in [1.54, 1.807) is 13.8 Å². The molecule has 1 aromatic heterocycles. The highest BCUT2D eigenvalue weighted by Gasteiger charge is 2.20. The fourth-order valence-corrected chi connectivity index (χ4v) is 3.52. The van der Waals surface area contributed by atoms with E-state index in [1.807, 2.05) is 0 Å². The highest BCUT2D eigenvalue weighted by Crippen LogP contribution is 2.21. The molecule has 0 unspecified atom stereocenters. The third kappa shape index (κ3) is 5.38. The van der Waals surface area contributed by atoms with Gasteiger partial charge in [-0.25, -0.2) is 27.7 Å². The number of hydrogen-bond donors (Lipinski definition) is 2. The molecule has 0 saturated carbocycles. The van der Waals surface area contributed by atoms with Crippen LogP contribution in [0.1, 0.15) is 29.8 Å². The molecule has 0 aliphatic heterocycles. The highest BCUT2D eigenvalue weighted by atomic mass is 35.5. The van der Waals surface area contributed by atoms with E-state index >= 15 is 0 Å². The lowest BCUT2D eigenvalue weighted by Crippen LogP contribution is -2.30. The number of sulfonamides is 1. The zero-order valence-corrected chi connectivity index (χ0v) is 15.7. The van der Waals surface area contributed by atoms with Gasteiger partial charge in [-0.05, 0) is 37.6 Å². The number of rotatable bonds is 7. The van der Waals surface area contributed by atoms with Crippen molar-refractivity contribution in [1.82, 2.24) is 14.7 Å². The predicted octanol–water partition coefficient (Wildman–Crippen LogP) is 1.51. The Labute approximate surface area is 155 Å². The van der Waals surface area contributed by atoms with Crippen LogP contribution in [-0.2, 0) is 21.2 Å². The molecule has 0 fully saturated rings. The second-order valence-electron chi connectivity index (χ2n) is 5.73. The molecule has 0 saturated heterocycles. The van der Waals surface area contributed by atoms with E-state index in [0.717, 1.165) is 0 Å².